The van der Waals surface area contributed by atoms with Crippen molar-refractivity contribution in [1.29, 1.82) is 0 Å². The van der Waals surface area contributed by atoms with Crippen molar-refractivity contribution in [1.82, 2.24) is 0 Å². The standard InChI is InChI=1S/C13H24O4/c1-4-5-6-16-8-11(14)12-7-10(9(2)3)13(15)17-12/h9-12,14H,4-8H2,1-3H3/t10-,11+,12-/m0/s1. The zero-order valence-electron chi connectivity index (χ0n) is 11.0. The zero-order chi connectivity index (χ0) is 12.8. The van der Waals surface area contributed by atoms with E-state index in [9.17, 15) is 9.90 Å². The number of ether oxygens (including phenoxy) is 2. The Bertz CT molecular complexity index is 240. The third-order valence-corrected chi connectivity index (χ3v) is 3.22. The maximum atomic E-state index is 11.5. The Balaban J connectivity index is 2.29. The second kappa shape index (κ2) is 6.97. The lowest BCUT2D eigenvalue weighted by atomic mass is 9.91. The zero-order valence-corrected chi connectivity index (χ0v) is 11.0. The molecule has 4 heteroatoms. The number of carbonyl (C=O) groups is 1. The van der Waals surface area contributed by atoms with Crippen LogP contribution in [0.15, 0.2) is 0 Å². The predicted octanol–water partition coefficient (Wildman–Crippen LogP) is 1.75. The van der Waals surface area contributed by atoms with Gasteiger partial charge in [0, 0.05) is 13.0 Å². The largest absolute Gasteiger partial charge is 0.459 e. The highest BCUT2D eigenvalue weighted by atomic mass is 16.6. The van der Waals surface area contributed by atoms with Gasteiger partial charge in [-0.1, -0.05) is 27.2 Å². The molecule has 1 N–H and O–H groups in total. The van der Waals surface area contributed by atoms with Crippen LogP contribution in [0.2, 0.25) is 0 Å². The molecule has 1 fully saturated rings. The van der Waals surface area contributed by atoms with Crippen LogP contribution in [0.5, 0.6) is 0 Å². The number of carbonyl (C=O) groups excluding carboxylic acids is 1. The number of cyclic esters (lactones) is 1. The highest BCUT2D eigenvalue weighted by Gasteiger charge is 2.39. The Morgan fingerprint density at radius 3 is 2.76 bits per heavy atom. The molecule has 0 aliphatic carbocycles. The van der Waals surface area contributed by atoms with Crippen molar-refractivity contribution in [3.05, 3.63) is 0 Å². The Kier molecular flexibility index (Phi) is 5.92. The molecule has 0 amide bonds. The van der Waals surface area contributed by atoms with E-state index in [2.05, 4.69) is 6.92 Å². The van der Waals surface area contributed by atoms with Crippen LogP contribution in [0.1, 0.15) is 40.0 Å². The van der Waals surface area contributed by atoms with Crippen molar-refractivity contribution in [2.75, 3.05) is 13.2 Å². The molecule has 4 nitrogen and oxygen atoms in total. The molecule has 0 spiro atoms. The fraction of sp³-hybridized carbons (Fsp3) is 0.923. The van der Waals surface area contributed by atoms with E-state index in [0.29, 0.717) is 13.0 Å². The van der Waals surface area contributed by atoms with Crippen LogP contribution in [0.3, 0.4) is 0 Å². The average molecular weight is 244 g/mol. The Morgan fingerprint density at radius 2 is 2.24 bits per heavy atom. The van der Waals surface area contributed by atoms with E-state index in [1.165, 1.54) is 0 Å². The summed E-state index contributed by atoms with van der Waals surface area (Å²) in [5, 5.41) is 9.86. The molecule has 0 aromatic rings. The third kappa shape index (κ3) is 4.28. The van der Waals surface area contributed by atoms with Gasteiger partial charge in [0.15, 0.2) is 0 Å². The molecule has 1 rings (SSSR count). The van der Waals surface area contributed by atoms with Gasteiger partial charge >= 0.3 is 5.97 Å². The van der Waals surface area contributed by atoms with Crippen molar-refractivity contribution in [2.24, 2.45) is 11.8 Å². The van der Waals surface area contributed by atoms with Crippen LogP contribution in [0.4, 0.5) is 0 Å². The molecule has 1 aliphatic rings. The van der Waals surface area contributed by atoms with E-state index in [4.69, 9.17) is 9.47 Å². The summed E-state index contributed by atoms with van der Waals surface area (Å²) in [6.45, 7) is 6.99. The summed E-state index contributed by atoms with van der Waals surface area (Å²) in [4.78, 5) is 11.5. The number of hydrogen-bond donors (Lipinski definition) is 1. The number of unbranched alkanes of at least 4 members (excludes halogenated alkanes) is 1. The van der Waals surface area contributed by atoms with Gasteiger partial charge in [0.2, 0.25) is 0 Å². The van der Waals surface area contributed by atoms with E-state index < -0.39 is 12.2 Å². The molecule has 3 atom stereocenters. The van der Waals surface area contributed by atoms with Gasteiger partial charge in [-0.15, -0.1) is 0 Å². The molecule has 0 aromatic carbocycles. The minimum atomic E-state index is -0.695. The minimum Gasteiger partial charge on any atom is -0.459 e. The van der Waals surface area contributed by atoms with Crippen molar-refractivity contribution < 1.29 is 19.4 Å². The normalized spacial score (nSPS) is 26.3. The highest BCUT2D eigenvalue weighted by molar-refractivity contribution is 5.75. The van der Waals surface area contributed by atoms with Gasteiger partial charge in [-0.05, 0) is 12.3 Å². The molecular weight excluding hydrogens is 220 g/mol. The van der Waals surface area contributed by atoms with Crippen molar-refractivity contribution in [3.8, 4) is 0 Å². The molecule has 0 bridgehead atoms. The van der Waals surface area contributed by atoms with Crippen LogP contribution in [0, 0.1) is 11.8 Å². The average Bonchev–Trinajstić information content (AvgIpc) is 2.66. The van der Waals surface area contributed by atoms with Gasteiger partial charge in [-0.3, -0.25) is 4.79 Å². The first-order valence-corrected chi connectivity index (χ1v) is 6.52. The van der Waals surface area contributed by atoms with Crippen molar-refractivity contribution in [3.63, 3.8) is 0 Å². The van der Waals surface area contributed by atoms with Crippen LogP contribution in [-0.2, 0) is 14.3 Å². The van der Waals surface area contributed by atoms with Crippen LogP contribution < -0.4 is 0 Å². The molecule has 17 heavy (non-hydrogen) atoms. The van der Waals surface area contributed by atoms with Crippen LogP contribution in [-0.4, -0.2) is 36.5 Å². The van der Waals surface area contributed by atoms with Crippen molar-refractivity contribution in [2.45, 2.75) is 52.2 Å². The fourth-order valence-corrected chi connectivity index (χ4v) is 1.97. The Labute approximate surface area is 103 Å². The summed E-state index contributed by atoms with van der Waals surface area (Å²) < 4.78 is 10.5. The van der Waals surface area contributed by atoms with Gasteiger partial charge in [-0.25, -0.2) is 0 Å². The molecule has 0 saturated carbocycles. The molecule has 0 unspecified atom stereocenters. The van der Waals surface area contributed by atoms with Gasteiger partial charge in [0.1, 0.15) is 12.2 Å². The van der Waals surface area contributed by atoms with E-state index in [1.807, 2.05) is 13.8 Å². The second-order valence-electron chi connectivity index (χ2n) is 5.06. The predicted molar refractivity (Wildman–Crippen MR) is 64.6 cm³/mol. The summed E-state index contributed by atoms with van der Waals surface area (Å²) in [6, 6.07) is 0. The molecule has 1 saturated heterocycles. The molecule has 0 aromatic heterocycles. The lowest BCUT2D eigenvalue weighted by molar-refractivity contribution is -0.150. The monoisotopic (exact) mass is 244 g/mol. The number of aliphatic hydroxyl groups is 1. The molecule has 0 radical (unpaired) electrons. The topological polar surface area (TPSA) is 55.8 Å². The Hall–Kier alpha value is -0.610. The maximum Gasteiger partial charge on any atom is 0.309 e. The summed E-state index contributed by atoms with van der Waals surface area (Å²) in [6.07, 6.45) is 1.58. The molecule has 1 aliphatic heterocycles. The summed E-state index contributed by atoms with van der Waals surface area (Å²) in [5.74, 6) is 0.00334. The smallest absolute Gasteiger partial charge is 0.309 e. The summed E-state index contributed by atoms with van der Waals surface area (Å²) >= 11 is 0. The van der Waals surface area contributed by atoms with Gasteiger partial charge in [-0.2, -0.15) is 0 Å². The molecular formula is C13H24O4. The van der Waals surface area contributed by atoms with Gasteiger partial charge in [0.05, 0.1) is 12.5 Å². The SMILES string of the molecule is CCCCOC[C@@H](O)[C@@H]1C[C@@H](C(C)C)C(=O)O1. The number of hydrogen-bond acceptors (Lipinski definition) is 4. The second-order valence-corrected chi connectivity index (χ2v) is 5.06. The van der Waals surface area contributed by atoms with E-state index >= 15 is 0 Å². The molecule has 100 valence electrons. The third-order valence-electron chi connectivity index (χ3n) is 3.22. The van der Waals surface area contributed by atoms with E-state index in [0.717, 1.165) is 12.8 Å². The van der Waals surface area contributed by atoms with Gasteiger partial charge < -0.3 is 14.6 Å². The Morgan fingerprint density at radius 1 is 1.53 bits per heavy atom. The highest BCUT2D eigenvalue weighted by Crippen LogP contribution is 2.29. The number of rotatable bonds is 7. The maximum absolute atomic E-state index is 11.5. The molecule has 1 heterocycles. The van der Waals surface area contributed by atoms with Crippen molar-refractivity contribution >= 4 is 5.97 Å². The summed E-state index contributed by atoms with van der Waals surface area (Å²) in [5.41, 5.74) is 0. The van der Waals surface area contributed by atoms with Crippen LogP contribution in [0.25, 0.3) is 0 Å². The first-order valence-electron chi connectivity index (χ1n) is 6.52. The lowest BCUT2D eigenvalue weighted by Gasteiger charge is -2.17. The first-order chi connectivity index (χ1) is 8.06. The quantitative estimate of drug-likeness (QED) is 0.547. The van der Waals surface area contributed by atoms with E-state index in [-0.39, 0.29) is 24.4 Å². The van der Waals surface area contributed by atoms with Crippen LogP contribution >= 0.6 is 0 Å². The number of esters is 1. The first kappa shape index (κ1) is 14.5. The summed E-state index contributed by atoms with van der Waals surface area (Å²) in [7, 11) is 0. The fourth-order valence-electron chi connectivity index (χ4n) is 1.97. The van der Waals surface area contributed by atoms with E-state index in [1.54, 1.807) is 0 Å². The number of aliphatic hydroxyl groups excluding tert-OH is 1. The minimum absolute atomic E-state index is 0.0784. The van der Waals surface area contributed by atoms with Gasteiger partial charge in [0.25, 0.3) is 0 Å². The lowest BCUT2D eigenvalue weighted by Crippen LogP contribution is -2.30.